The van der Waals surface area contributed by atoms with Gasteiger partial charge in [0.05, 0.1) is 11.5 Å². The van der Waals surface area contributed by atoms with E-state index >= 15 is 0 Å². The number of methoxy groups -OCH3 is 1. The molecule has 0 radical (unpaired) electrons. The van der Waals surface area contributed by atoms with Crippen LogP contribution in [0.5, 0.6) is 0 Å². The number of nitro benzene ring substituents is 1. The van der Waals surface area contributed by atoms with Crippen molar-refractivity contribution in [1.82, 2.24) is 4.90 Å². The Morgan fingerprint density at radius 2 is 2.16 bits per heavy atom. The lowest BCUT2D eigenvalue weighted by Crippen LogP contribution is -2.33. The highest BCUT2D eigenvalue weighted by Crippen LogP contribution is 2.21. The molecule has 0 N–H and O–H groups in total. The van der Waals surface area contributed by atoms with E-state index < -0.39 is 16.4 Å². The van der Waals surface area contributed by atoms with E-state index in [0.29, 0.717) is 25.3 Å². The van der Waals surface area contributed by atoms with E-state index in [2.05, 4.69) is 0 Å². The number of benzene rings is 1. The molecule has 1 rings (SSSR count). The summed E-state index contributed by atoms with van der Waals surface area (Å²) in [5.74, 6) is -0.754. The normalized spacial score (nSPS) is 11.3. The highest BCUT2D eigenvalue weighted by Gasteiger charge is 2.19. The molecule has 1 aromatic rings. The number of ether oxygens (including phenoxy) is 1. The first-order chi connectivity index (χ1) is 8.97. The summed E-state index contributed by atoms with van der Waals surface area (Å²) in [7, 11) is 1.60. The van der Waals surface area contributed by atoms with Crippen molar-refractivity contribution in [2.75, 3.05) is 20.3 Å². The Labute approximate surface area is 112 Å². The van der Waals surface area contributed by atoms with Crippen LogP contribution in [0.4, 0.5) is 10.1 Å². The number of rotatable bonds is 7. The Balaban J connectivity index is 2.90. The van der Waals surface area contributed by atoms with Crippen molar-refractivity contribution in [1.29, 1.82) is 0 Å². The predicted octanol–water partition coefficient (Wildman–Crippen LogP) is 2.59. The van der Waals surface area contributed by atoms with Crippen molar-refractivity contribution in [3.63, 3.8) is 0 Å². The Morgan fingerprint density at radius 1 is 1.47 bits per heavy atom. The summed E-state index contributed by atoms with van der Waals surface area (Å²) < 4.78 is 19.0. The van der Waals surface area contributed by atoms with Crippen LogP contribution >= 0.6 is 0 Å². The number of halogens is 1. The topological polar surface area (TPSA) is 55.6 Å². The summed E-state index contributed by atoms with van der Waals surface area (Å²) >= 11 is 0. The molecule has 19 heavy (non-hydrogen) atoms. The largest absolute Gasteiger partial charge is 0.383 e. The van der Waals surface area contributed by atoms with Crippen LogP contribution < -0.4 is 0 Å². The summed E-state index contributed by atoms with van der Waals surface area (Å²) in [6.45, 7) is 5.50. The molecule has 0 aliphatic carbocycles. The molecule has 6 heteroatoms. The van der Waals surface area contributed by atoms with E-state index in [4.69, 9.17) is 4.74 Å². The van der Waals surface area contributed by atoms with Gasteiger partial charge in [0.1, 0.15) is 0 Å². The zero-order valence-corrected chi connectivity index (χ0v) is 11.4. The maximum absolute atomic E-state index is 14.0. The Morgan fingerprint density at radius 3 is 2.68 bits per heavy atom. The molecule has 0 spiro atoms. The van der Waals surface area contributed by atoms with Crippen LogP contribution in [-0.2, 0) is 11.3 Å². The fourth-order valence-electron chi connectivity index (χ4n) is 1.78. The van der Waals surface area contributed by atoms with Gasteiger partial charge in [-0.2, -0.15) is 4.39 Å². The van der Waals surface area contributed by atoms with Crippen molar-refractivity contribution in [3.05, 3.63) is 39.7 Å². The molecular formula is C13H19FN2O3. The molecule has 0 aromatic heterocycles. The minimum absolute atomic E-state index is 0.203. The minimum atomic E-state index is -0.754. The third kappa shape index (κ3) is 4.25. The van der Waals surface area contributed by atoms with E-state index in [1.807, 2.05) is 18.7 Å². The Bertz CT molecular complexity index is 438. The summed E-state index contributed by atoms with van der Waals surface area (Å²) in [6, 6.07) is 4.46. The van der Waals surface area contributed by atoms with Gasteiger partial charge in [-0.15, -0.1) is 0 Å². The zero-order valence-electron chi connectivity index (χ0n) is 11.4. The Kier molecular flexibility index (Phi) is 5.85. The molecule has 0 bridgehead atoms. The van der Waals surface area contributed by atoms with Crippen molar-refractivity contribution in [2.24, 2.45) is 0 Å². The molecule has 0 saturated heterocycles. The van der Waals surface area contributed by atoms with Gasteiger partial charge in [-0.05, 0) is 13.8 Å². The molecule has 0 saturated carbocycles. The first-order valence-corrected chi connectivity index (χ1v) is 6.12. The lowest BCUT2D eigenvalue weighted by atomic mass is 10.1. The standard InChI is InChI=1S/C13H19FN2O3/c1-10(2)15(7-8-19-3)9-11-5-4-6-12(13(11)14)16(17)18/h4-6,10H,7-9H2,1-3H3. The third-order valence-corrected chi connectivity index (χ3v) is 2.94. The quantitative estimate of drug-likeness (QED) is 0.564. The molecule has 1 aromatic carbocycles. The first kappa shape index (κ1) is 15.5. The average molecular weight is 270 g/mol. The van der Waals surface area contributed by atoms with Crippen LogP contribution in [-0.4, -0.2) is 36.1 Å². The number of nitro groups is 1. The van der Waals surface area contributed by atoms with Gasteiger partial charge in [-0.25, -0.2) is 0 Å². The van der Waals surface area contributed by atoms with Gasteiger partial charge in [0.2, 0.25) is 5.82 Å². The minimum Gasteiger partial charge on any atom is -0.383 e. The molecule has 0 aliphatic heterocycles. The van der Waals surface area contributed by atoms with Crippen LogP contribution in [0, 0.1) is 15.9 Å². The van der Waals surface area contributed by atoms with Crippen LogP contribution in [0.25, 0.3) is 0 Å². The van der Waals surface area contributed by atoms with Crippen molar-refractivity contribution in [2.45, 2.75) is 26.4 Å². The van der Waals surface area contributed by atoms with Gasteiger partial charge in [-0.1, -0.05) is 12.1 Å². The monoisotopic (exact) mass is 270 g/mol. The van der Waals surface area contributed by atoms with Crippen LogP contribution in [0.2, 0.25) is 0 Å². The van der Waals surface area contributed by atoms with Crippen molar-refractivity contribution in [3.8, 4) is 0 Å². The smallest absolute Gasteiger partial charge is 0.305 e. The van der Waals surface area contributed by atoms with Crippen LogP contribution in [0.3, 0.4) is 0 Å². The molecule has 0 aliphatic rings. The Hall–Kier alpha value is -1.53. The van der Waals surface area contributed by atoms with E-state index in [-0.39, 0.29) is 6.04 Å². The summed E-state index contributed by atoms with van der Waals surface area (Å²) in [6.07, 6.45) is 0. The van der Waals surface area contributed by atoms with Crippen molar-refractivity contribution < 1.29 is 14.1 Å². The van der Waals surface area contributed by atoms with E-state index in [0.717, 1.165) is 0 Å². The number of hydrogen-bond donors (Lipinski definition) is 0. The first-order valence-electron chi connectivity index (χ1n) is 6.12. The lowest BCUT2D eigenvalue weighted by molar-refractivity contribution is -0.387. The van der Waals surface area contributed by atoms with E-state index in [1.54, 1.807) is 13.2 Å². The predicted molar refractivity (Wildman–Crippen MR) is 70.5 cm³/mol. The SMILES string of the molecule is COCCN(Cc1cccc([N+](=O)[O-])c1F)C(C)C. The fraction of sp³-hybridized carbons (Fsp3) is 0.538. The van der Waals surface area contributed by atoms with Gasteiger partial charge in [0.15, 0.2) is 0 Å². The molecule has 0 heterocycles. The maximum Gasteiger partial charge on any atom is 0.305 e. The van der Waals surface area contributed by atoms with Gasteiger partial charge in [0.25, 0.3) is 0 Å². The molecule has 106 valence electrons. The fourth-order valence-corrected chi connectivity index (χ4v) is 1.78. The number of nitrogens with zero attached hydrogens (tertiary/aromatic N) is 2. The summed E-state index contributed by atoms with van der Waals surface area (Å²) in [5, 5.41) is 10.7. The zero-order chi connectivity index (χ0) is 14.4. The average Bonchev–Trinajstić information content (AvgIpc) is 2.35. The lowest BCUT2D eigenvalue weighted by Gasteiger charge is -2.26. The van der Waals surface area contributed by atoms with Gasteiger partial charge in [0, 0.05) is 37.9 Å². The third-order valence-electron chi connectivity index (χ3n) is 2.94. The summed E-state index contributed by atoms with van der Waals surface area (Å²) in [4.78, 5) is 12.0. The van der Waals surface area contributed by atoms with Crippen LogP contribution in [0.15, 0.2) is 18.2 Å². The van der Waals surface area contributed by atoms with Gasteiger partial charge >= 0.3 is 5.69 Å². The van der Waals surface area contributed by atoms with E-state index in [1.165, 1.54) is 12.1 Å². The van der Waals surface area contributed by atoms with E-state index in [9.17, 15) is 14.5 Å². The van der Waals surface area contributed by atoms with Crippen LogP contribution in [0.1, 0.15) is 19.4 Å². The molecule has 0 unspecified atom stereocenters. The van der Waals surface area contributed by atoms with Gasteiger partial charge < -0.3 is 4.74 Å². The molecule has 0 amide bonds. The second-order valence-corrected chi connectivity index (χ2v) is 4.56. The summed E-state index contributed by atoms with van der Waals surface area (Å²) in [5.41, 5.74) is -0.146. The highest BCUT2D eigenvalue weighted by atomic mass is 19.1. The van der Waals surface area contributed by atoms with Crippen molar-refractivity contribution >= 4 is 5.69 Å². The van der Waals surface area contributed by atoms with Gasteiger partial charge in [-0.3, -0.25) is 15.0 Å². The molecule has 5 nitrogen and oxygen atoms in total. The molecular weight excluding hydrogens is 251 g/mol. The second kappa shape index (κ2) is 7.16. The highest BCUT2D eigenvalue weighted by molar-refractivity contribution is 5.36. The maximum atomic E-state index is 14.0. The molecule has 0 fully saturated rings. The number of hydrogen-bond acceptors (Lipinski definition) is 4. The second-order valence-electron chi connectivity index (χ2n) is 4.56. The molecule has 0 atom stereocenters.